The van der Waals surface area contributed by atoms with E-state index in [1.165, 1.54) is 0 Å². The van der Waals surface area contributed by atoms with E-state index >= 15 is 0 Å². The van der Waals surface area contributed by atoms with Gasteiger partial charge in [-0.2, -0.15) is 0 Å². The second-order valence-corrected chi connectivity index (χ2v) is 4.57. The standard InChI is InChI=1S/C16H21N3O/c1-4-10-17-15-11-12(3)18-16(19-15)13-8-6-7-9-14(13)20-5-2/h6-9,11H,4-5,10H2,1-3H3,(H,17,18,19). The van der Waals surface area contributed by atoms with Gasteiger partial charge in [0, 0.05) is 18.3 Å². The molecule has 0 amide bonds. The molecule has 0 fully saturated rings. The van der Waals surface area contributed by atoms with Gasteiger partial charge in [0.25, 0.3) is 0 Å². The molecule has 1 aromatic heterocycles. The first kappa shape index (κ1) is 14.3. The van der Waals surface area contributed by atoms with Crippen molar-refractivity contribution in [3.05, 3.63) is 36.0 Å². The lowest BCUT2D eigenvalue weighted by Gasteiger charge is -2.11. The van der Waals surface area contributed by atoms with Crippen molar-refractivity contribution >= 4 is 5.82 Å². The molecule has 1 heterocycles. The number of aryl methyl sites for hydroxylation is 1. The number of rotatable bonds is 6. The van der Waals surface area contributed by atoms with E-state index in [1.54, 1.807) is 0 Å². The molecule has 0 aliphatic rings. The van der Waals surface area contributed by atoms with E-state index in [1.807, 2.05) is 44.2 Å². The quantitative estimate of drug-likeness (QED) is 0.870. The van der Waals surface area contributed by atoms with E-state index in [-0.39, 0.29) is 0 Å². The van der Waals surface area contributed by atoms with Crippen molar-refractivity contribution in [1.82, 2.24) is 9.97 Å². The monoisotopic (exact) mass is 271 g/mol. The highest BCUT2D eigenvalue weighted by Gasteiger charge is 2.10. The fraction of sp³-hybridized carbons (Fsp3) is 0.375. The summed E-state index contributed by atoms with van der Waals surface area (Å²) < 4.78 is 5.65. The molecule has 0 radical (unpaired) electrons. The molecule has 2 aromatic rings. The van der Waals surface area contributed by atoms with E-state index in [0.717, 1.165) is 35.8 Å². The molecule has 20 heavy (non-hydrogen) atoms. The fourth-order valence-electron chi connectivity index (χ4n) is 1.97. The first-order valence-electron chi connectivity index (χ1n) is 7.06. The van der Waals surface area contributed by atoms with Crippen LogP contribution >= 0.6 is 0 Å². The van der Waals surface area contributed by atoms with Gasteiger partial charge in [-0.3, -0.25) is 0 Å². The minimum Gasteiger partial charge on any atom is -0.493 e. The zero-order valence-electron chi connectivity index (χ0n) is 12.3. The van der Waals surface area contributed by atoms with Crippen LogP contribution in [0.15, 0.2) is 30.3 Å². The Morgan fingerprint density at radius 3 is 2.70 bits per heavy atom. The summed E-state index contributed by atoms with van der Waals surface area (Å²) >= 11 is 0. The summed E-state index contributed by atoms with van der Waals surface area (Å²) in [4.78, 5) is 9.11. The average molecular weight is 271 g/mol. The maximum Gasteiger partial charge on any atom is 0.165 e. The molecular formula is C16H21N3O. The topological polar surface area (TPSA) is 47.0 Å². The van der Waals surface area contributed by atoms with Gasteiger partial charge in [0.05, 0.1) is 12.2 Å². The second kappa shape index (κ2) is 6.89. The molecule has 0 bridgehead atoms. The summed E-state index contributed by atoms with van der Waals surface area (Å²) in [7, 11) is 0. The molecule has 4 nitrogen and oxygen atoms in total. The molecule has 0 unspecified atom stereocenters. The van der Waals surface area contributed by atoms with Crippen LogP contribution in [-0.2, 0) is 0 Å². The Morgan fingerprint density at radius 1 is 1.15 bits per heavy atom. The third kappa shape index (κ3) is 3.47. The normalized spacial score (nSPS) is 10.3. The molecule has 4 heteroatoms. The van der Waals surface area contributed by atoms with E-state index in [2.05, 4.69) is 22.2 Å². The van der Waals surface area contributed by atoms with Gasteiger partial charge in [0.1, 0.15) is 11.6 Å². The average Bonchev–Trinajstić information content (AvgIpc) is 2.45. The Hall–Kier alpha value is -2.10. The van der Waals surface area contributed by atoms with Crippen molar-refractivity contribution in [2.24, 2.45) is 0 Å². The molecule has 0 saturated carbocycles. The van der Waals surface area contributed by atoms with Gasteiger partial charge in [-0.25, -0.2) is 9.97 Å². The van der Waals surface area contributed by atoms with Crippen molar-refractivity contribution in [2.45, 2.75) is 27.2 Å². The van der Waals surface area contributed by atoms with Crippen LogP contribution in [-0.4, -0.2) is 23.1 Å². The van der Waals surface area contributed by atoms with Gasteiger partial charge in [-0.05, 0) is 32.4 Å². The zero-order valence-corrected chi connectivity index (χ0v) is 12.3. The second-order valence-electron chi connectivity index (χ2n) is 4.57. The minimum absolute atomic E-state index is 0.629. The van der Waals surface area contributed by atoms with Crippen molar-refractivity contribution in [3.8, 4) is 17.1 Å². The molecule has 106 valence electrons. The Kier molecular flexibility index (Phi) is 4.93. The van der Waals surface area contributed by atoms with Crippen LogP contribution < -0.4 is 10.1 Å². The fourth-order valence-corrected chi connectivity index (χ4v) is 1.97. The molecule has 1 N–H and O–H groups in total. The van der Waals surface area contributed by atoms with Gasteiger partial charge in [-0.15, -0.1) is 0 Å². The highest BCUT2D eigenvalue weighted by atomic mass is 16.5. The van der Waals surface area contributed by atoms with Crippen LogP contribution in [0.4, 0.5) is 5.82 Å². The molecule has 2 rings (SSSR count). The molecule has 0 aliphatic heterocycles. The largest absolute Gasteiger partial charge is 0.493 e. The van der Waals surface area contributed by atoms with E-state index in [0.29, 0.717) is 12.4 Å². The summed E-state index contributed by atoms with van der Waals surface area (Å²) in [5.41, 5.74) is 1.87. The van der Waals surface area contributed by atoms with Crippen molar-refractivity contribution in [1.29, 1.82) is 0 Å². The number of nitrogens with zero attached hydrogens (tertiary/aromatic N) is 2. The SMILES string of the molecule is CCCNc1cc(C)nc(-c2ccccc2OCC)n1. The predicted octanol–water partition coefficient (Wildman–Crippen LogP) is 3.67. The van der Waals surface area contributed by atoms with Crippen molar-refractivity contribution < 1.29 is 4.74 Å². The van der Waals surface area contributed by atoms with Gasteiger partial charge in [0.2, 0.25) is 0 Å². The molecule has 1 aromatic carbocycles. The molecule has 0 aliphatic carbocycles. The third-order valence-electron chi connectivity index (χ3n) is 2.84. The van der Waals surface area contributed by atoms with Crippen LogP contribution in [0.2, 0.25) is 0 Å². The zero-order chi connectivity index (χ0) is 14.4. The lowest BCUT2D eigenvalue weighted by Crippen LogP contribution is -2.05. The maximum atomic E-state index is 5.65. The van der Waals surface area contributed by atoms with Gasteiger partial charge in [0.15, 0.2) is 5.82 Å². The Balaban J connectivity index is 2.39. The highest BCUT2D eigenvalue weighted by molar-refractivity contribution is 5.65. The first-order chi connectivity index (χ1) is 9.74. The Morgan fingerprint density at radius 2 is 1.95 bits per heavy atom. The van der Waals surface area contributed by atoms with Gasteiger partial charge < -0.3 is 10.1 Å². The van der Waals surface area contributed by atoms with E-state index in [9.17, 15) is 0 Å². The van der Waals surface area contributed by atoms with Crippen LogP contribution in [0.3, 0.4) is 0 Å². The summed E-state index contributed by atoms with van der Waals surface area (Å²) in [6.07, 6.45) is 1.06. The number of benzene rings is 1. The summed E-state index contributed by atoms with van der Waals surface area (Å²) in [6, 6.07) is 9.83. The minimum atomic E-state index is 0.629. The first-order valence-corrected chi connectivity index (χ1v) is 7.06. The van der Waals surface area contributed by atoms with Gasteiger partial charge >= 0.3 is 0 Å². The molecular weight excluding hydrogens is 250 g/mol. The van der Waals surface area contributed by atoms with E-state index in [4.69, 9.17) is 4.74 Å². The Bertz CT molecular complexity index is 569. The van der Waals surface area contributed by atoms with Crippen LogP contribution in [0.25, 0.3) is 11.4 Å². The maximum absolute atomic E-state index is 5.65. The molecule has 0 atom stereocenters. The van der Waals surface area contributed by atoms with Gasteiger partial charge in [-0.1, -0.05) is 19.1 Å². The van der Waals surface area contributed by atoms with Crippen LogP contribution in [0, 0.1) is 6.92 Å². The van der Waals surface area contributed by atoms with Crippen LogP contribution in [0.5, 0.6) is 5.75 Å². The third-order valence-corrected chi connectivity index (χ3v) is 2.84. The number of aromatic nitrogens is 2. The summed E-state index contributed by atoms with van der Waals surface area (Å²) in [5, 5.41) is 3.30. The predicted molar refractivity (Wildman–Crippen MR) is 82.2 cm³/mol. The van der Waals surface area contributed by atoms with Crippen LogP contribution in [0.1, 0.15) is 26.0 Å². The van der Waals surface area contributed by atoms with Crippen molar-refractivity contribution in [2.75, 3.05) is 18.5 Å². The smallest absolute Gasteiger partial charge is 0.165 e. The Labute approximate surface area is 120 Å². The number of hydrogen-bond donors (Lipinski definition) is 1. The van der Waals surface area contributed by atoms with Crippen molar-refractivity contribution in [3.63, 3.8) is 0 Å². The highest BCUT2D eigenvalue weighted by Crippen LogP contribution is 2.28. The summed E-state index contributed by atoms with van der Waals surface area (Å²) in [6.45, 7) is 7.62. The molecule has 0 spiro atoms. The number of anilines is 1. The number of ether oxygens (including phenoxy) is 1. The number of nitrogens with one attached hydrogen (secondary N) is 1. The molecule has 0 saturated heterocycles. The van der Waals surface area contributed by atoms with E-state index < -0.39 is 0 Å². The summed E-state index contributed by atoms with van der Waals surface area (Å²) in [5.74, 6) is 2.38. The lowest BCUT2D eigenvalue weighted by atomic mass is 10.2. The lowest BCUT2D eigenvalue weighted by molar-refractivity contribution is 0.341. The number of hydrogen-bond acceptors (Lipinski definition) is 4. The number of para-hydroxylation sites is 1.